The largest absolute Gasteiger partial charge is 0.378 e. The number of hydrogen-bond acceptors (Lipinski definition) is 6. The summed E-state index contributed by atoms with van der Waals surface area (Å²) >= 11 is 6.64. The number of nitrogens with zero attached hydrogens (tertiary/aromatic N) is 3. The number of aromatic nitrogens is 1. The number of guanidine groups is 1. The van der Waals surface area contributed by atoms with E-state index in [4.69, 9.17) is 22.1 Å². The van der Waals surface area contributed by atoms with E-state index >= 15 is 0 Å². The fourth-order valence-electron chi connectivity index (χ4n) is 4.35. The average molecular weight is 474 g/mol. The SMILES string of the molecule is C[C@@H]1C[C@H](N2C(=O)C[C@@](C)(c3cccc(NC(=O)c4ccc(F)cn4)c3Cl)N=C2N)CCO1. The van der Waals surface area contributed by atoms with Gasteiger partial charge in [0.25, 0.3) is 5.91 Å². The number of hydrogen-bond donors (Lipinski definition) is 2. The second kappa shape index (κ2) is 9.07. The first-order chi connectivity index (χ1) is 15.7. The van der Waals surface area contributed by atoms with E-state index in [-0.39, 0.29) is 41.1 Å². The molecule has 174 valence electrons. The number of ether oxygens (including phenoxy) is 1. The van der Waals surface area contributed by atoms with Gasteiger partial charge in [0, 0.05) is 18.2 Å². The quantitative estimate of drug-likeness (QED) is 0.706. The Bertz CT molecular complexity index is 1110. The molecule has 33 heavy (non-hydrogen) atoms. The predicted molar refractivity (Wildman–Crippen MR) is 122 cm³/mol. The first-order valence-electron chi connectivity index (χ1n) is 10.7. The maximum absolute atomic E-state index is 13.2. The topological polar surface area (TPSA) is 110 Å². The van der Waals surface area contributed by atoms with Crippen molar-refractivity contribution in [2.24, 2.45) is 10.7 Å². The van der Waals surface area contributed by atoms with Crippen molar-refractivity contribution in [2.45, 2.75) is 50.8 Å². The molecule has 0 saturated carbocycles. The van der Waals surface area contributed by atoms with E-state index in [0.717, 1.165) is 12.3 Å². The highest BCUT2D eigenvalue weighted by atomic mass is 35.5. The Morgan fingerprint density at radius 3 is 2.82 bits per heavy atom. The summed E-state index contributed by atoms with van der Waals surface area (Å²) in [5.41, 5.74) is 6.21. The van der Waals surface area contributed by atoms with Crippen molar-refractivity contribution < 1.29 is 18.7 Å². The lowest BCUT2D eigenvalue weighted by molar-refractivity contribution is -0.133. The molecule has 1 aromatic carbocycles. The molecule has 8 nitrogen and oxygen atoms in total. The van der Waals surface area contributed by atoms with E-state index in [9.17, 15) is 14.0 Å². The molecule has 0 unspecified atom stereocenters. The third kappa shape index (κ3) is 4.69. The second-order valence-corrected chi connectivity index (χ2v) is 8.90. The molecule has 3 N–H and O–H groups in total. The standard InChI is InChI=1S/C23H25ClFN5O3/c1-13-10-15(8-9-33-13)30-19(31)11-23(2,29-22(30)26)16-4-3-5-17(20(16)24)28-21(32)18-7-6-14(25)12-27-18/h3-7,12-13,15H,8-11H2,1-2H3,(H2,26,29)(H,28,32)/t13-,15-,23+/m1/s1. The van der Waals surface area contributed by atoms with Crippen LogP contribution in [0.5, 0.6) is 0 Å². The lowest BCUT2D eigenvalue weighted by Crippen LogP contribution is -2.56. The molecule has 2 aromatic rings. The van der Waals surface area contributed by atoms with Crippen molar-refractivity contribution in [2.75, 3.05) is 11.9 Å². The molecule has 10 heteroatoms. The molecule has 3 heterocycles. The lowest BCUT2D eigenvalue weighted by atomic mass is 9.86. The molecule has 4 rings (SSSR count). The molecule has 2 aliphatic rings. The minimum absolute atomic E-state index is 0.0422. The summed E-state index contributed by atoms with van der Waals surface area (Å²) in [6.07, 6.45) is 2.48. The van der Waals surface area contributed by atoms with E-state index in [2.05, 4.69) is 15.3 Å². The third-order valence-electron chi connectivity index (χ3n) is 5.98. The summed E-state index contributed by atoms with van der Waals surface area (Å²) in [6, 6.07) is 7.47. The van der Waals surface area contributed by atoms with Gasteiger partial charge in [-0.15, -0.1) is 0 Å². The monoisotopic (exact) mass is 473 g/mol. The summed E-state index contributed by atoms with van der Waals surface area (Å²) in [4.78, 5) is 35.7. The molecule has 3 atom stereocenters. The highest BCUT2D eigenvalue weighted by molar-refractivity contribution is 6.34. The summed E-state index contributed by atoms with van der Waals surface area (Å²) in [6.45, 7) is 4.33. The van der Waals surface area contributed by atoms with Gasteiger partial charge in [0.05, 0.1) is 35.0 Å². The van der Waals surface area contributed by atoms with Crippen LogP contribution in [0.1, 0.15) is 49.2 Å². The number of pyridine rings is 1. The first kappa shape index (κ1) is 23.1. The Hall–Kier alpha value is -3.04. The van der Waals surface area contributed by atoms with Gasteiger partial charge in [0.1, 0.15) is 11.5 Å². The molecular weight excluding hydrogens is 449 g/mol. The normalized spacial score (nSPS) is 25.5. The van der Waals surface area contributed by atoms with Crippen molar-refractivity contribution >= 4 is 35.1 Å². The number of aliphatic imine (C=N–C) groups is 1. The average Bonchev–Trinajstić information content (AvgIpc) is 2.75. The van der Waals surface area contributed by atoms with Crippen LogP contribution in [0, 0.1) is 5.82 Å². The number of halogens is 2. The third-order valence-corrected chi connectivity index (χ3v) is 6.39. The van der Waals surface area contributed by atoms with Crippen molar-refractivity contribution in [3.8, 4) is 0 Å². The van der Waals surface area contributed by atoms with Crippen LogP contribution in [0.2, 0.25) is 5.02 Å². The minimum Gasteiger partial charge on any atom is -0.378 e. The predicted octanol–water partition coefficient (Wildman–Crippen LogP) is 3.46. The van der Waals surface area contributed by atoms with E-state index in [1.165, 1.54) is 6.07 Å². The number of benzene rings is 1. The zero-order valence-electron chi connectivity index (χ0n) is 18.3. The van der Waals surface area contributed by atoms with Crippen molar-refractivity contribution in [1.29, 1.82) is 0 Å². The molecule has 0 bridgehead atoms. The van der Waals surface area contributed by atoms with Gasteiger partial charge in [-0.05, 0) is 44.9 Å². The Balaban J connectivity index is 1.60. The van der Waals surface area contributed by atoms with Crippen molar-refractivity contribution in [3.05, 3.63) is 58.6 Å². The highest BCUT2D eigenvalue weighted by Gasteiger charge is 2.42. The summed E-state index contributed by atoms with van der Waals surface area (Å²) in [5, 5.41) is 2.93. The number of rotatable bonds is 4. The van der Waals surface area contributed by atoms with Crippen LogP contribution in [-0.2, 0) is 15.1 Å². The molecule has 0 spiro atoms. The van der Waals surface area contributed by atoms with Crippen molar-refractivity contribution in [3.63, 3.8) is 0 Å². The van der Waals surface area contributed by atoms with Gasteiger partial charge in [-0.2, -0.15) is 0 Å². The summed E-state index contributed by atoms with van der Waals surface area (Å²) < 4.78 is 18.7. The Kier molecular flexibility index (Phi) is 6.36. The van der Waals surface area contributed by atoms with Gasteiger partial charge < -0.3 is 15.8 Å². The molecule has 0 aliphatic carbocycles. The maximum atomic E-state index is 13.2. The smallest absolute Gasteiger partial charge is 0.274 e. The van der Waals surface area contributed by atoms with Gasteiger partial charge >= 0.3 is 0 Å². The first-order valence-corrected chi connectivity index (χ1v) is 11.1. The second-order valence-electron chi connectivity index (χ2n) is 8.53. The molecule has 0 radical (unpaired) electrons. The minimum atomic E-state index is -1.000. The number of anilines is 1. The zero-order valence-corrected chi connectivity index (χ0v) is 19.1. The maximum Gasteiger partial charge on any atom is 0.274 e. The van der Waals surface area contributed by atoms with E-state index in [1.807, 2.05) is 6.92 Å². The van der Waals surface area contributed by atoms with Crippen LogP contribution in [0.25, 0.3) is 0 Å². The van der Waals surface area contributed by atoms with Crippen LogP contribution in [0.3, 0.4) is 0 Å². The fraction of sp³-hybridized carbons (Fsp3) is 0.391. The van der Waals surface area contributed by atoms with Gasteiger partial charge in [0.15, 0.2) is 5.96 Å². The van der Waals surface area contributed by atoms with Crippen LogP contribution < -0.4 is 11.1 Å². The number of amides is 2. The fourth-order valence-corrected chi connectivity index (χ4v) is 4.73. The number of nitrogens with one attached hydrogen (secondary N) is 1. The highest BCUT2D eigenvalue weighted by Crippen LogP contribution is 2.41. The van der Waals surface area contributed by atoms with Crippen molar-refractivity contribution in [1.82, 2.24) is 9.88 Å². The lowest BCUT2D eigenvalue weighted by Gasteiger charge is -2.41. The van der Waals surface area contributed by atoms with Gasteiger partial charge in [-0.1, -0.05) is 23.7 Å². The van der Waals surface area contributed by atoms with E-state index in [1.54, 1.807) is 30.0 Å². The van der Waals surface area contributed by atoms with E-state index in [0.29, 0.717) is 30.7 Å². The van der Waals surface area contributed by atoms with E-state index < -0.39 is 17.3 Å². The molecule has 1 fully saturated rings. The van der Waals surface area contributed by atoms with Crippen LogP contribution >= 0.6 is 11.6 Å². The summed E-state index contributed by atoms with van der Waals surface area (Å²) in [5.74, 6) is -1.07. The number of carbonyl (C=O) groups is 2. The molecule has 1 saturated heterocycles. The Morgan fingerprint density at radius 1 is 1.36 bits per heavy atom. The van der Waals surface area contributed by atoms with Gasteiger partial charge in [-0.3, -0.25) is 14.5 Å². The van der Waals surface area contributed by atoms with Crippen LogP contribution in [0.4, 0.5) is 10.1 Å². The van der Waals surface area contributed by atoms with Gasteiger partial charge in [-0.25, -0.2) is 14.4 Å². The molecule has 1 aromatic heterocycles. The Morgan fingerprint density at radius 2 is 2.15 bits per heavy atom. The van der Waals surface area contributed by atoms with Crippen LogP contribution in [0.15, 0.2) is 41.5 Å². The molecular formula is C23H25ClFN5O3. The summed E-state index contributed by atoms with van der Waals surface area (Å²) in [7, 11) is 0. The molecule has 2 amide bonds. The Labute approximate surface area is 196 Å². The number of carbonyl (C=O) groups excluding carboxylic acids is 2. The number of nitrogens with two attached hydrogens (primary N) is 1. The van der Waals surface area contributed by atoms with Gasteiger partial charge in [0.2, 0.25) is 5.91 Å². The molecule has 2 aliphatic heterocycles. The zero-order chi connectivity index (χ0) is 23.8. The van der Waals surface area contributed by atoms with Crippen LogP contribution in [-0.4, -0.2) is 46.4 Å².